The number of carbonyl (C=O) groups is 1. The Morgan fingerprint density at radius 1 is 1.12 bits per heavy atom. The van der Waals surface area contributed by atoms with Crippen molar-refractivity contribution in [2.45, 2.75) is 46.1 Å². The highest BCUT2D eigenvalue weighted by Crippen LogP contribution is 2.30. The van der Waals surface area contributed by atoms with E-state index in [2.05, 4.69) is 45.0 Å². The number of fused-ring (bicyclic) bond motifs is 1. The topological polar surface area (TPSA) is 42.2 Å². The third-order valence-electron chi connectivity index (χ3n) is 4.91. The molecule has 1 N–H and O–H groups in total. The number of carboxylic acids is 1. The molecular weight excluding hydrogens is 329 g/mol. The van der Waals surface area contributed by atoms with Gasteiger partial charge in [-0.05, 0) is 53.6 Å². The lowest BCUT2D eigenvalue weighted by atomic mass is 9.86. The van der Waals surface area contributed by atoms with Gasteiger partial charge in [-0.15, -0.1) is 0 Å². The summed E-state index contributed by atoms with van der Waals surface area (Å²) in [5, 5.41) is 10.00. The molecule has 0 bridgehead atoms. The summed E-state index contributed by atoms with van der Waals surface area (Å²) in [5.41, 5.74) is 5.08. The molecule has 0 spiro atoms. The maximum absolute atomic E-state index is 13.8. The molecule has 26 heavy (non-hydrogen) atoms. The van der Waals surface area contributed by atoms with E-state index in [1.807, 2.05) is 6.92 Å². The zero-order chi connectivity index (χ0) is 19.1. The first-order valence-corrected chi connectivity index (χ1v) is 8.75. The van der Waals surface area contributed by atoms with Crippen LogP contribution in [0.25, 0.3) is 10.9 Å². The van der Waals surface area contributed by atoms with E-state index >= 15 is 0 Å². The molecule has 0 aliphatic rings. The average Bonchev–Trinajstić information content (AvgIpc) is 2.79. The number of carboxylic acid groups (broad SMARTS) is 1. The Kier molecular flexibility index (Phi) is 4.61. The van der Waals surface area contributed by atoms with Crippen LogP contribution >= 0.6 is 0 Å². The Bertz CT molecular complexity index is 962. The van der Waals surface area contributed by atoms with Gasteiger partial charge in [-0.25, -0.2) is 4.39 Å². The number of nitrogens with zero attached hydrogens (tertiary/aromatic N) is 1. The lowest BCUT2D eigenvalue weighted by Crippen LogP contribution is -2.11. The molecule has 0 saturated carbocycles. The van der Waals surface area contributed by atoms with Crippen molar-refractivity contribution in [2.75, 3.05) is 0 Å². The lowest BCUT2D eigenvalue weighted by Gasteiger charge is -2.19. The van der Waals surface area contributed by atoms with Gasteiger partial charge in [0.1, 0.15) is 12.4 Å². The molecule has 3 aromatic rings. The van der Waals surface area contributed by atoms with Gasteiger partial charge in [0.15, 0.2) is 0 Å². The zero-order valence-corrected chi connectivity index (χ0v) is 15.6. The van der Waals surface area contributed by atoms with E-state index in [4.69, 9.17) is 0 Å². The number of hydrogen-bond acceptors (Lipinski definition) is 1. The molecule has 0 fully saturated rings. The predicted octanol–water partition coefficient (Wildman–Crippen LogP) is 5.06. The van der Waals surface area contributed by atoms with Gasteiger partial charge in [-0.2, -0.15) is 0 Å². The number of aliphatic carboxylic acids is 1. The van der Waals surface area contributed by atoms with Crippen LogP contribution in [0.15, 0.2) is 42.5 Å². The van der Waals surface area contributed by atoms with E-state index in [1.54, 1.807) is 10.6 Å². The molecule has 136 valence electrons. The molecule has 1 heterocycles. The molecule has 0 aliphatic heterocycles. The van der Waals surface area contributed by atoms with Crippen LogP contribution in [0.3, 0.4) is 0 Å². The first-order valence-electron chi connectivity index (χ1n) is 8.75. The van der Waals surface area contributed by atoms with Crippen LogP contribution in [0.1, 0.15) is 43.2 Å². The Balaban J connectivity index is 2.05. The lowest BCUT2D eigenvalue weighted by molar-refractivity contribution is -0.137. The summed E-state index contributed by atoms with van der Waals surface area (Å²) in [4.78, 5) is 11.2. The van der Waals surface area contributed by atoms with Gasteiger partial charge in [-0.1, -0.05) is 45.0 Å². The van der Waals surface area contributed by atoms with Gasteiger partial charge in [0.25, 0.3) is 0 Å². The molecule has 0 unspecified atom stereocenters. The highest BCUT2D eigenvalue weighted by Gasteiger charge is 2.18. The zero-order valence-electron chi connectivity index (χ0n) is 15.6. The van der Waals surface area contributed by atoms with E-state index in [-0.39, 0.29) is 17.8 Å². The molecule has 3 rings (SSSR count). The predicted molar refractivity (Wildman–Crippen MR) is 102 cm³/mol. The second kappa shape index (κ2) is 6.60. The van der Waals surface area contributed by atoms with Crippen LogP contribution in [0, 0.1) is 12.7 Å². The van der Waals surface area contributed by atoms with Crippen molar-refractivity contribution in [3.8, 4) is 0 Å². The average molecular weight is 353 g/mol. The Morgan fingerprint density at radius 3 is 2.35 bits per heavy atom. The third-order valence-corrected chi connectivity index (χ3v) is 4.91. The molecule has 2 aromatic carbocycles. The van der Waals surface area contributed by atoms with Gasteiger partial charge < -0.3 is 9.67 Å². The second-order valence-electron chi connectivity index (χ2n) is 7.83. The van der Waals surface area contributed by atoms with Crippen LogP contribution in [0.4, 0.5) is 4.39 Å². The molecule has 3 nitrogen and oxygen atoms in total. The fourth-order valence-electron chi connectivity index (χ4n) is 3.41. The first kappa shape index (κ1) is 18.2. The van der Waals surface area contributed by atoms with Crippen molar-refractivity contribution in [1.29, 1.82) is 0 Å². The van der Waals surface area contributed by atoms with Crippen LogP contribution in [-0.2, 0) is 23.2 Å². The van der Waals surface area contributed by atoms with Gasteiger partial charge >= 0.3 is 5.97 Å². The van der Waals surface area contributed by atoms with E-state index in [0.717, 1.165) is 27.7 Å². The minimum atomic E-state index is -0.907. The van der Waals surface area contributed by atoms with E-state index < -0.39 is 5.97 Å². The van der Waals surface area contributed by atoms with E-state index in [1.165, 1.54) is 17.7 Å². The standard InChI is InChI=1S/C22H24FNO2/c1-14-18(11-15-5-7-16(8-6-15)22(2,3)4)19-12-17(23)9-10-20(19)24(14)13-21(25)26/h5-10,12H,11,13H2,1-4H3,(H,25,26). The highest BCUT2D eigenvalue weighted by atomic mass is 19.1. The van der Waals surface area contributed by atoms with Crippen molar-refractivity contribution in [1.82, 2.24) is 4.57 Å². The van der Waals surface area contributed by atoms with Crippen molar-refractivity contribution in [2.24, 2.45) is 0 Å². The number of benzene rings is 2. The van der Waals surface area contributed by atoms with Gasteiger partial charge in [0.05, 0.1) is 0 Å². The summed E-state index contributed by atoms with van der Waals surface area (Å²) < 4.78 is 15.6. The SMILES string of the molecule is Cc1c(Cc2ccc(C(C)(C)C)cc2)c2cc(F)ccc2n1CC(=O)O. The molecular formula is C22H24FNO2. The quantitative estimate of drug-likeness (QED) is 0.712. The Morgan fingerprint density at radius 2 is 1.77 bits per heavy atom. The summed E-state index contributed by atoms with van der Waals surface area (Å²) in [5.74, 6) is -1.22. The van der Waals surface area contributed by atoms with Crippen LogP contribution in [0.2, 0.25) is 0 Å². The molecule has 0 amide bonds. The minimum absolute atomic E-state index is 0.0923. The van der Waals surface area contributed by atoms with Crippen LogP contribution in [-0.4, -0.2) is 15.6 Å². The van der Waals surface area contributed by atoms with Gasteiger partial charge in [0, 0.05) is 16.6 Å². The summed E-state index contributed by atoms with van der Waals surface area (Å²) in [6.45, 7) is 8.30. The van der Waals surface area contributed by atoms with Crippen molar-refractivity contribution < 1.29 is 14.3 Å². The van der Waals surface area contributed by atoms with Gasteiger partial charge in [0.2, 0.25) is 0 Å². The summed E-state index contributed by atoms with van der Waals surface area (Å²) in [7, 11) is 0. The number of hydrogen-bond donors (Lipinski definition) is 1. The number of aromatic nitrogens is 1. The number of halogens is 1. The normalized spacial score (nSPS) is 11.9. The molecule has 4 heteroatoms. The molecule has 0 atom stereocenters. The largest absolute Gasteiger partial charge is 0.480 e. The van der Waals surface area contributed by atoms with E-state index in [0.29, 0.717) is 6.42 Å². The van der Waals surface area contributed by atoms with E-state index in [9.17, 15) is 14.3 Å². The summed E-state index contributed by atoms with van der Waals surface area (Å²) >= 11 is 0. The van der Waals surface area contributed by atoms with Crippen LogP contribution < -0.4 is 0 Å². The number of rotatable bonds is 4. The third kappa shape index (κ3) is 3.50. The van der Waals surface area contributed by atoms with Gasteiger partial charge in [-0.3, -0.25) is 4.79 Å². The van der Waals surface area contributed by atoms with Crippen molar-refractivity contribution >= 4 is 16.9 Å². The molecule has 0 saturated heterocycles. The summed E-state index contributed by atoms with van der Waals surface area (Å²) in [6.07, 6.45) is 0.642. The maximum Gasteiger partial charge on any atom is 0.323 e. The molecule has 0 radical (unpaired) electrons. The summed E-state index contributed by atoms with van der Waals surface area (Å²) in [6, 6.07) is 13.0. The minimum Gasteiger partial charge on any atom is -0.480 e. The Labute approximate surface area is 153 Å². The van der Waals surface area contributed by atoms with Crippen molar-refractivity contribution in [3.63, 3.8) is 0 Å². The fraction of sp³-hybridized carbons (Fsp3) is 0.318. The smallest absolute Gasteiger partial charge is 0.323 e. The Hall–Kier alpha value is -2.62. The molecule has 1 aromatic heterocycles. The second-order valence-corrected chi connectivity index (χ2v) is 7.83. The van der Waals surface area contributed by atoms with Crippen molar-refractivity contribution in [3.05, 3.63) is 70.7 Å². The maximum atomic E-state index is 13.8. The molecule has 0 aliphatic carbocycles. The van der Waals surface area contributed by atoms with Crippen LogP contribution in [0.5, 0.6) is 0 Å². The fourth-order valence-corrected chi connectivity index (χ4v) is 3.41. The highest BCUT2D eigenvalue weighted by molar-refractivity contribution is 5.87. The first-order chi connectivity index (χ1) is 12.2. The monoisotopic (exact) mass is 353 g/mol.